The zero-order valence-electron chi connectivity index (χ0n) is 16.4. The molecule has 2 aromatic carbocycles. The van der Waals surface area contributed by atoms with Gasteiger partial charge in [-0.2, -0.15) is 4.98 Å². The Labute approximate surface area is 165 Å². The van der Waals surface area contributed by atoms with Crippen molar-refractivity contribution in [3.8, 4) is 0 Å². The van der Waals surface area contributed by atoms with E-state index in [0.29, 0.717) is 23.8 Å². The molecule has 1 atom stereocenters. The second-order valence-electron chi connectivity index (χ2n) is 7.57. The third-order valence-corrected chi connectivity index (χ3v) is 5.14. The van der Waals surface area contributed by atoms with E-state index in [4.69, 9.17) is 0 Å². The zero-order chi connectivity index (χ0) is 19.7. The van der Waals surface area contributed by atoms with E-state index in [1.165, 1.54) is 11.1 Å². The summed E-state index contributed by atoms with van der Waals surface area (Å²) < 4.78 is 0. The highest BCUT2D eigenvalue weighted by atomic mass is 16.1. The Bertz CT molecular complexity index is 1030. The maximum atomic E-state index is 12.7. The van der Waals surface area contributed by atoms with Crippen LogP contribution in [0.3, 0.4) is 0 Å². The van der Waals surface area contributed by atoms with E-state index < -0.39 is 0 Å². The molecule has 5 heteroatoms. The van der Waals surface area contributed by atoms with Crippen LogP contribution in [0.2, 0.25) is 0 Å². The second kappa shape index (κ2) is 7.43. The number of hydrogen-bond donors (Lipinski definition) is 2. The Morgan fingerprint density at radius 1 is 0.893 bits per heavy atom. The molecular weight excluding hydrogens is 348 g/mol. The van der Waals surface area contributed by atoms with Crippen LogP contribution in [0.15, 0.2) is 48.5 Å². The molecule has 0 bridgehead atoms. The van der Waals surface area contributed by atoms with E-state index in [-0.39, 0.29) is 11.7 Å². The van der Waals surface area contributed by atoms with Crippen molar-refractivity contribution in [2.75, 3.05) is 10.6 Å². The molecule has 1 aromatic heterocycles. The van der Waals surface area contributed by atoms with Crippen LogP contribution in [-0.2, 0) is 6.42 Å². The van der Waals surface area contributed by atoms with Gasteiger partial charge >= 0.3 is 0 Å². The van der Waals surface area contributed by atoms with E-state index in [9.17, 15) is 4.79 Å². The number of anilines is 4. The molecule has 4 rings (SSSR count). The molecular formula is C23H24N4O. The highest BCUT2D eigenvalue weighted by Gasteiger charge is 2.28. The lowest BCUT2D eigenvalue weighted by atomic mass is 9.87. The van der Waals surface area contributed by atoms with Crippen LogP contribution in [0.1, 0.15) is 40.5 Å². The molecule has 1 heterocycles. The summed E-state index contributed by atoms with van der Waals surface area (Å²) in [5.41, 5.74) is 5.70. The Kier molecular flexibility index (Phi) is 4.82. The van der Waals surface area contributed by atoms with Gasteiger partial charge in [0.05, 0.1) is 11.3 Å². The molecule has 3 aromatic rings. The van der Waals surface area contributed by atoms with Crippen LogP contribution >= 0.6 is 0 Å². The number of benzene rings is 2. The first-order chi connectivity index (χ1) is 13.5. The highest BCUT2D eigenvalue weighted by molar-refractivity contribution is 6.03. The number of aromatic nitrogens is 2. The number of para-hydroxylation sites is 1. The minimum atomic E-state index is 0.102. The van der Waals surface area contributed by atoms with Gasteiger partial charge in [-0.3, -0.25) is 4.79 Å². The summed E-state index contributed by atoms with van der Waals surface area (Å²) in [6.45, 7) is 6.25. The molecule has 28 heavy (non-hydrogen) atoms. The van der Waals surface area contributed by atoms with Gasteiger partial charge in [0.1, 0.15) is 5.82 Å². The van der Waals surface area contributed by atoms with Crippen molar-refractivity contribution < 1.29 is 4.79 Å². The van der Waals surface area contributed by atoms with Crippen LogP contribution in [0.5, 0.6) is 0 Å². The molecule has 0 radical (unpaired) electrons. The fourth-order valence-electron chi connectivity index (χ4n) is 3.52. The van der Waals surface area contributed by atoms with Gasteiger partial charge in [0.2, 0.25) is 5.95 Å². The smallest absolute Gasteiger partial charge is 0.229 e. The molecule has 1 aliphatic rings. The molecule has 142 valence electrons. The van der Waals surface area contributed by atoms with Gasteiger partial charge in [0, 0.05) is 17.8 Å². The standard InChI is InChI=1S/C23H24N4O/c1-14-11-19-21(20(28)12-14)22(24-17-7-5-4-6-8-17)27-23(26-19)25-18-10-9-15(2)16(3)13-18/h4-10,13-14H,11-12H2,1-3H3,(H2,24,25,26,27). The number of Topliss-reactive ketones (excluding diaryl/α,β-unsaturated/α-hetero) is 1. The zero-order valence-corrected chi connectivity index (χ0v) is 16.4. The van der Waals surface area contributed by atoms with E-state index in [1.54, 1.807) is 0 Å². The quantitative estimate of drug-likeness (QED) is 0.646. The van der Waals surface area contributed by atoms with Crippen LogP contribution in [0.25, 0.3) is 0 Å². The van der Waals surface area contributed by atoms with E-state index in [1.807, 2.05) is 36.4 Å². The second-order valence-corrected chi connectivity index (χ2v) is 7.57. The Hall–Kier alpha value is -3.21. The third kappa shape index (κ3) is 3.74. The first kappa shape index (κ1) is 18.2. The average molecular weight is 372 g/mol. The summed E-state index contributed by atoms with van der Waals surface area (Å²) in [5.74, 6) is 1.46. The van der Waals surface area contributed by atoms with E-state index >= 15 is 0 Å². The van der Waals surface area contributed by atoms with Gasteiger partial charge in [0.25, 0.3) is 0 Å². The molecule has 0 saturated heterocycles. The summed E-state index contributed by atoms with van der Waals surface area (Å²) in [7, 11) is 0. The van der Waals surface area contributed by atoms with E-state index in [2.05, 4.69) is 53.5 Å². The lowest BCUT2D eigenvalue weighted by Gasteiger charge is -2.23. The lowest BCUT2D eigenvalue weighted by Crippen LogP contribution is -2.22. The minimum absolute atomic E-state index is 0.102. The molecule has 0 spiro atoms. The molecule has 0 aliphatic heterocycles. The Balaban J connectivity index is 1.75. The fraction of sp³-hybridized carbons (Fsp3) is 0.261. The summed E-state index contributed by atoms with van der Waals surface area (Å²) in [5, 5.41) is 6.62. The molecule has 0 fully saturated rings. The first-order valence-corrected chi connectivity index (χ1v) is 9.60. The van der Waals surface area contributed by atoms with Crippen LogP contribution in [0.4, 0.5) is 23.1 Å². The van der Waals surface area contributed by atoms with Gasteiger partial charge < -0.3 is 10.6 Å². The number of nitrogens with one attached hydrogen (secondary N) is 2. The maximum Gasteiger partial charge on any atom is 0.229 e. The molecule has 0 saturated carbocycles. The maximum absolute atomic E-state index is 12.7. The highest BCUT2D eigenvalue weighted by Crippen LogP contribution is 2.32. The summed E-state index contributed by atoms with van der Waals surface area (Å²) >= 11 is 0. The topological polar surface area (TPSA) is 66.9 Å². The number of aryl methyl sites for hydroxylation is 2. The first-order valence-electron chi connectivity index (χ1n) is 9.60. The Morgan fingerprint density at radius 3 is 2.43 bits per heavy atom. The van der Waals surface area contributed by atoms with Crippen molar-refractivity contribution in [2.24, 2.45) is 5.92 Å². The molecule has 0 amide bonds. The summed E-state index contributed by atoms with van der Waals surface area (Å²) in [4.78, 5) is 22.0. The number of fused-ring (bicyclic) bond motifs is 1. The SMILES string of the molecule is Cc1ccc(Nc2nc3c(c(Nc4ccccc4)n2)C(=O)CC(C)C3)cc1C. The number of carbonyl (C=O) groups is 1. The van der Waals surface area contributed by atoms with Crippen molar-refractivity contribution in [2.45, 2.75) is 33.6 Å². The predicted octanol–water partition coefficient (Wildman–Crippen LogP) is 5.35. The van der Waals surface area contributed by atoms with Gasteiger partial charge in [-0.15, -0.1) is 0 Å². The molecule has 1 unspecified atom stereocenters. The predicted molar refractivity (Wildman–Crippen MR) is 113 cm³/mol. The third-order valence-electron chi connectivity index (χ3n) is 5.14. The van der Waals surface area contributed by atoms with Crippen LogP contribution in [-0.4, -0.2) is 15.8 Å². The molecule has 5 nitrogen and oxygen atoms in total. The molecule has 1 aliphatic carbocycles. The lowest BCUT2D eigenvalue weighted by molar-refractivity contribution is 0.0953. The van der Waals surface area contributed by atoms with Crippen molar-refractivity contribution in [3.05, 3.63) is 70.9 Å². The van der Waals surface area contributed by atoms with Crippen molar-refractivity contribution in [1.29, 1.82) is 0 Å². The normalized spacial score (nSPS) is 15.8. The number of hydrogen-bond acceptors (Lipinski definition) is 5. The van der Waals surface area contributed by atoms with E-state index in [0.717, 1.165) is 23.5 Å². The van der Waals surface area contributed by atoms with Crippen molar-refractivity contribution >= 4 is 28.9 Å². The molecule has 2 N–H and O–H groups in total. The minimum Gasteiger partial charge on any atom is -0.339 e. The Morgan fingerprint density at radius 2 is 1.68 bits per heavy atom. The van der Waals surface area contributed by atoms with Crippen LogP contribution in [0, 0.1) is 19.8 Å². The number of rotatable bonds is 4. The van der Waals surface area contributed by atoms with Crippen molar-refractivity contribution in [1.82, 2.24) is 9.97 Å². The summed E-state index contributed by atoms with van der Waals surface area (Å²) in [6, 6.07) is 16.0. The van der Waals surface area contributed by atoms with Crippen LogP contribution < -0.4 is 10.6 Å². The van der Waals surface area contributed by atoms with Crippen molar-refractivity contribution in [3.63, 3.8) is 0 Å². The average Bonchev–Trinajstić information content (AvgIpc) is 2.65. The fourth-order valence-corrected chi connectivity index (χ4v) is 3.52. The largest absolute Gasteiger partial charge is 0.339 e. The van der Waals surface area contributed by atoms with Gasteiger partial charge in [0.15, 0.2) is 5.78 Å². The number of carbonyl (C=O) groups excluding carboxylic acids is 1. The van der Waals surface area contributed by atoms with Gasteiger partial charge in [-0.25, -0.2) is 4.98 Å². The number of nitrogens with zero attached hydrogens (tertiary/aromatic N) is 2. The monoisotopic (exact) mass is 372 g/mol. The van der Waals surface area contributed by atoms with Gasteiger partial charge in [-0.1, -0.05) is 31.2 Å². The summed E-state index contributed by atoms with van der Waals surface area (Å²) in [6.07, 6.45) is 1.30. The van der Waals surface area contributed by atoms with Gasteiger partial charge in [-0.05, 0) is 61.6 Å². The number of ketones is 1.